The smallest absolute Gasteiger partial charge is 0.225 e. The van der Waals surface area contributed by atoms with Crippen LogP contribution in [0.2, 0.25) is 0 Å². The van der Waals surface area contributed by atoms with Gasteiger partial charge in [0.1, 0.15) is 5.82 Å². The van der Waals surface area contributed by atoms with Crippen molar-refractivity contribution in [2.24, 2.45) is 0 Å². The third kappa shape index (κ3) is 3.40. The lowest BCUT2D eigenvalue weighted by atomic mass is 10.1. The van der Waals surface area contributed by atoms with E-state index in [4.69, 9.17) is 0 Å². The number of anilines is 1. The van der Waals surface area contributed by atoms with Crippen LogP contribution in [0.3, 0.4) is 0 Å². The molecule has 0 saturated heterocycles. The molecule has 2 N–H and O–H groups in total. The summed E-state index contributed by atoms with van der Waals surface area (Å²) in [5.74, 6) is 0.205. The molecular weight excluding hydrogens is 245 g/mol. The summed E-state index contributed by atoms with van der Waals surface area (Å²) in [6, 6.07) is 6.17. The fourth-order valence-electron chi connectivity index (χ4n) is 1.71. The zero-order chi connectivity index (χ0) is 13.8. The van der Waals surface area contributed by atoms with Gasteiger partial charge in [-0.3, -0.25) is 9.89 Å². The first-order valence-electron chi connectivity index (χ1n) is 6.12. The Hall–Kier alpha value is -2.17. The van der Waals surface area contributed by atoms with Gasteiger partial charge in [0.25, 0.3) is 0 Å². The maximum Gasteiger partial charge on any atom is 0.225 e. The third-order valence-corrected chi connectivity index (χ3v) is 3.06. The molecule has 0 atom stereocenters. The number of benzene rings is 1. The molecule has 0 aliphatic heterocycles. The predicted molar refractivity (Wildman–Crippen MR) is 71.4 cm³/mol. The number of nitrogens with one attached hydrogen (secondary N) is 2. The summed E-state index contributed by atoms with van der Waals surface area (Å²) in [7, 11) is 0. The Morgan fingerprint density at radius 1 is 1.32 bits per heavy atom. The Morgan fingerprint density at radius 2 is 2.00 bits per heavy atom. The van der Waals surface area contributed by atoms with E-state index in [1.165, 1.54) is 12.1 Å². The van der Waals surface area contributed by atoms with Gasteiger partial charge in [0.2, 0.25) is 5.91 Å². The van der Waals surface area contributed by atoms with Gasteiger partial charge in [0.15, 0.2) is 5.82 Å². The first-order valence-corrected chi connectivity index (χ1v) is 6.12. The van der Waals surface area contributed by atoms with E-state index >= 15 is 0 Å². The fraction of sp³-hybridized carbons (Fsp3) is 0.286. The molecule has 2 rings (SSSR count). The Balaban J connectivity index is 1.88. The zero-order valence-corrected chi connectivity index (χ0v) is 11.0. The molecule has 5 heteroatoms. The van der Waals surface area contributed by atoms with Gasteiger partial charge in [-0.05, 0) is 38.0 Å². The number of aryl methyl sites for hydroxylation is 2. The third-order valence-electron chi connectivity index (χ3n) is 3.06. The molecule has 0 spiro atoms. The lowest BCUT2D eigenvalue weighted by Gasteiger charge is -2.03. The number of halogens is 1. The molecule has 0 aliphatic carbocycles. The van der Waals surface area contributed by atoms with Crippen molar-refractivity contribution < 1.29 is 9.18 Å². The van der Waals surface area contributed by atoms with E-state index in [0.29, 0.717) is 18.7 Å². The molecule has 0 unspecified atom stereocenters. The Bertz CT molecular complexity index is 575. The van der Waals surface area contributed by atoms with Crippen molar-refractivity contribution in [3.8, 4) is 0 Å². The summed E-state index contributed by atoms with van der Waals surface area (Å²) >= 11 is 0. The lowest BCUT2D eigenvalue weighted by Crippen LogP contribution is -2.13. The molecule has 0 saturated carbocycles. The van der Waals surface area contributed by atoms with Crippen LogP contribution in [-0.4, -0.2) is 16.1 Å². The average Bonchev–Trinajstić information content (AvgIpc) is 2.70. The molecule has 1 amide bonds. The number of hydrogen-bond donors (Lipinski definition) is 2. The van der Waals surface area contributed by atoms with Crippen LogP contribution >= 0.6 is 0 Å². The van der Waals surface area contributed by atoms with Crippen molar-refractivity contribution in [1.82, 2.24) is 10.2 Å². The first kappa shape index (κ1) is 13.3. The van der Waals surface area contributed by atoms with Crippen molar-refractivity contribution >= 4 is 11.7 Å². The standard InChI is InChI=1S/C14H16FN3O/c1-9-10(2)17-18-14(9)16-13(19)8-5-11-3-6-12(15)7-4-11/h3-4,6-7H,5,8H2,1-2H3,(H2,16,17,18,19). The van der Waals surface area contributed by atoms with Crippen LogP contribution < -0.4 is 5.32 Å². The largest absolute Gasteiger partial charge is 0.309 e. The van der Waals surface area contributed by atoms with E-state index in [0.717, 1.165) is 16.8 Å². The van der Waals surface area contributed by atoms with Crippen molar-refractivity contribution in [3.63, 3.8) is 0 Å². The first-order chi connectivity index (χ1) is 9.06. The SMILES string of the molecule is Cc1[nH]nc(NC(=O)CCc2ccc(F)cc2)c1C. The second-order valence-corrected chi connectivity index (χ2v) is 4.50. The van der Waals surface area contributed by atoms with E-state index in [9.17, 15) is 9.18 Å². The van der Waals surface area contributed by atoms with Crippen LogP contribution in [0.15, 0.2) is 24.3 Å². The van der Waals surface area contributed by atoms with Crippen molar-refractivity contribution in [2.45, 2.75) is 26.7 Å². The van der Waals surface area contributed by atoms with Gasteiger partial charge in [-0.2, -0.15) is 5.10 Å². The maximum absolute atomic E-state index is 12.7. The number of hydrogen-bond acceptors (Lipinski definition) is 2. The van der Waals surface area contributed by atoms with E-state index in [-0.39, 0.29) is 11.7 Å². The predicted octanol–water partition coefficient (Wildman–Crippen LogP) is 2.74. The number of carbonyl (C=O) groups excluding carboxylic acids is 1. The second-order valence-electron chi connectivity index (χ2n) is 4.50. The minimum atomic E-state index is -0.268. The minimum absolute atomic E-state index is 0.0982. The lowest BCUT2D eigenvalue weighted by molar-refractivity contribution is -0.116. The number of rotatable bonds is 4. The number of nitrogens with zero attached hydrogens (tertiary/aromatic N) is 1. The molecule has 0 bridgehead atoms. The Morgan fingerprint density at radius 3 is 2.58 bits per heavy atom. The van der Waals surface area contributed by atoms with Gasteiger partial charge < -0.3 is 5.32 Å². The van der Waals surface area contributed by atoms with Gasteiger partial charge in [-0.1, -0.05) is 12.1 Å². The summed E-state index contributed by atoms with van der Waals surface area (Å²) in [4.78, 5) is 11.8. The highest BCUT2D eigenvalue weighted by Crippen LogP contribution is 2.14. The van der Waals surface area contributed by atoms with Crippen molar-refractivity contribution in [3.05, 3.63) is 46.9 Å². The van der Waals surface area contributed by atoms with Gasteiger partial charge in [0.05, 0.1) is 0 Å². The molecule has 2 aromatic rings. The number of aromatic nitrogens is 2. The highest BCUT2D eigenvalue weighted by atomic mass is 19.1. The normalized spacial score (nSPS) is 10.5. The molecule has 4 nitrogen and oxygen atoms in total. The van der Waals surface area contributed by atoms with Crippen molar-refractivity contribution in [2.75, 3.05) is 5.32 Å². The second kappa shape index (κ2) is 5.65. The van der Waals surface area contributed by atoms with E-state index < -0.39 is 0 Å². The highest BCUT2D eigenvalue weighted by Gasteiger charge is 2.09. The summed E-state index contributed by atoms with van der Waals surface area (Å²) in [5, 5.41) is 9.59. The topological polar surface area (TPSA) is 57.8 Å². The molecule has 1 heterocycles. The quantitative estimate of drug-likeness (QED) is 0.889. The Labute approximate surface area is 111 Å². The minimum Gasteiger partial charge on any atom is -0.309 e. The van der Waals surface area contributed by atoms with E-state index in [1.54, 1.807) is 12.1 Å². The van der Waals surface area contributed by atoms with Crippen LogP contribution in [0.1, 0.15) is 23.2 Å². The summed E-state index contributed by atoms with van der Waals surface area (Å²) in [5.41, 5.74) is 2.82. The molecular formula is C14H16FN3O. The van der Waals surface area contributed by atoms with Crippen LogP contribution in [0.4, 0.5) is 10.2 Å². The molecule has 19 heavy (non-hydrogen) atoms. The van der Waals surface area contributed by atoms with E-state index in [1.807, 2.05) is 13.8 Å². The van der Waals surface area contributed by atoms with Crippen LogP contribution in [0.25, 0.3) is 0 Å². The number of amides is 1. The number of aromatic amines is 1. The van der Waals surface area contributed by atoms with Crippen LogP contribution in [0.5, 0.6) is 0 Å². The number of H-pyrrole nitrogens is 1. The zero-order valence-electron chi connectivity index (χ0n) is 11.0. The van der Waals surface area contributed by atoms with Gasteiger partial charge >= 0.3 is 0 Å². The summed E-state index contributed by atoms with van der Waals surface area (Å²) in [6.45, 7) is 3.80. The monoisotopic (exact) mass is 261 g/mol. The van der Waals surface area contributed by atoms with Crippen LogP contribution in [0, 0.1) is 19.7 Å². The van der Waals surface area contributed by atoms with Crippen molar-refractivity contribution in [1.29, 1.82) is 0 Å². The molecule has 1 aromatic heterocycles. The molecule has 100 valence electrons. The molecule has 0 fully saturated rings. The van der Waals surface area contributed by atoms with Gasteiger partial charge in [-0.25, -0.2) is 4.39 Å². The average molecular weight is 261 g/mol. The summed E-state index contributed by atoms with van der Waals surface area (Å²) in [6.07, 6.45) is 0.922. The van der Waals surface area contributed by atoms with Gasteiger partial charge in [-0.15, -0.1) is 0 Å². The maximum atomic E-state index is 12.7. The van der Waals surface area contributed by atoms with Gasteiger partial charge in [0, 0.05) is 17.7 Å². The Kier molecular flexibility index (Phi) is 3.94. The highest BCUT2D eigenvalue weighted by molar-refractivity contribution is 5.90. The summed E-state index contributed by atoms with van der Waals surface area (Å²) < 4.78 is 12.7. The molecule has 0 radical (unpaired) electrons. The molecule has 1 aromatic carbocycles. The molecule has 0 aliphatic rings. The number of carbonyl (C=O) groups is 1. The van der Waals surface area contributed by atoms with E-state index in [2.05, 4.69) is 15.5 Å². The van der Waals surface area contributed by atoms with Crippen LogP contribution in [-0.2, 0) is 11.2 Å². The fourth-order valence-corrected chi connectivity index (χ4v) is 1.71.